The zero-order valence-corrected chi connectivity index (χ0v) is 12.3. The van der Waals surface area contributed by atoms with Gasteiger partial charge >= 0.3 is 0 Å². The summed E-state index contributed by atoms with van der Waals surface area (Å²) in [6.07, 6.45) is 1.96. The maximum atomic E-state index is 12.2. The lowest BCUT2D eigenvalue weighted by Crippen LogP contribution is -2.40. The van der Waals surface area contributed by atoms with Gasteiger partial charge in [-0.3, -0.25) is 4.79 Å². The molecule has 0 spiro atoms. The summed E-state index contributed by atoms with van der Waals surface area (Å²) < 4.78 is 5.37. The molecule has 0 radical (unpaired) electrons. The van der Waals surface area contributed by atoms with E-state index in [1.807, 2.05) is 30.3 Å². The summed E-state index contributed by atoms with van der Waals surface area (Å²) in [6.45, 7) is 1.38. The van der Waals surface area contributed by atoms with Gasteiger partial charge in [0.2, 0.25) is 0 Å². The van der Waals surface area contributed by atoms with Crippen molar-refractivity contribution < 1.29 is 9.53 Å². The number of hydrogen-bond donors (Lipinski definition) is 2. The van der Waals surface area contributed by atoms with Crippen LogP contribution in [0, 0.1) is 0 Å². The normalized spacial score (nSPS) is 18.4. The van der Waals surface area contributed by atoms with Gasteiger partial charge in [0.25, 0.3) is 5.91 Å². The van der Waals surface area contributed by atoms with Gasteiger partial charge in [-0.1, -0.05) is 23.7 Å². The number of rotatable bonds is 3. The summed E-state index contributed by atoms with van der Waals surface area (Å²) in [5, 5.41) is 3.69. The van der Waals surface area contributed by atoms with Crippen molar-refractivity contribution in [1.82, 2.24) is 10.3 Å². The highest BCUT2D eigenvalue weighted by molar-refractivity contribution is 6.30. The summed E-state index contributed by atoms with van der Waals surface area (Å²) in [5.74, 6) is -0.0919. The van der Waals surface area contributed by atoms with Crippen LogP contribution in [-0.2, 0) is 4.74 Å². The Morgan fingerprint density at radius 1 is 1.24 bits per heavy atom. The van der Waals surface area contributed by atoms with Gasteiger partial charge in [-0.25, -0.2) is 0 Å². The molecule has 5 heteroatoms. The zero-order valence-electron chi connectivity index (χ0n) is 11.6. The number of halogens is 1. The number of nitrogens with one attached hydrogen (secondary N) is 2. The second kappa shape index (κ2) is 6.33. The third kappa shape index (κ3) is 3.46. The van der Waals surface area contributed by atoms with Crippen LogP contribution in [0.1, 0.15) is 23.3 Å². The Morgan fingerprint density at radius 2 is 2.05 bits per heavy atom. The van der Waals surface area contributed by atoms with Gasteiger partial charge in [-0.15, -0.1) is 0 Å². The first-order valence-corrected chi connectivity index (χ1v) is 7.44. The molecule has 0 saturated carbocycles. The van der Waals surface area contributed by atoms with Gasteiger partial charge in [-0.2, -0.15) is 0 Å². The van der Waals surface area contributed by atoms with Crippen molar-refractivity contribution in [1.29, 1.82) is 0 Å². The van der Waals surface area contributed by atoms with Crippen molar-refractivity contribution >= 4 is 17.5 Å². The minimum absolute atomic E-state index is 0.0919. The second-order valence-electron chi connectivity index (χ2n) is 5.18. The topological polar surface area (TPSA) is 54.1 Å². The van der Waals surface area contributed by atoms with Crippen molar-refractivity contribution in [3.8, 4) is 11.3 Å². The molecular weight excluding hydrogens is 288 g/mol. The molecule has 1 aromatic carbocycles. The third-order valence-electron chi connectivity index (χ3n) is 3.58. The quantitative estimate of drug-likeness (QED) is 0.914. The Morgan fingerprint density at radius 3 is 2.76 bits per heavy atom. The number of hydrogen-bond acceptors (Lipinski definition) is 2. The minimum Gasteiger partial charge on any atom is -0.379 e. The average molecular weight is 305 g/mol. The lowest BCUT2D eigenvalue weighted by atomic mass is 10.1. The summed E-state index contributed by atoms with van der Waals surface area (Å²) in [5.41, 5.74) is 2.46. The van der Waals surface area contributed by atoms with Crippen LogP contribution in [0.15, 0.2) is 36.4 Å². The lowest BCUT2D eigenvalue weighted by Gasteiger charge is -2.22. The molecule has 1 aromatic heterocycles. The zero-order chi connectivity index (χ0) is 14.7. The molecule has 1 amide bonds. The van der Waals surface area contributed by atoms with Gasteiger partial charge < -0.3 is 15.0 Å². The van der Waals surface area contributed by atoms with E-state index in [9.17, 15) is 4.79 Å². The van der Waals surface area contributed by atoms with Crippen molar-refractivity contribution in [2.45, 2.75) is 18.9 Å². The van der Waals surface area contributed by atoms with Crippen LogP contribution < -0.4 is 5.32 Å². The maximum absolute atomic E-state index is 12.2. The molecule has 110 valence electrons. The third-order valence-corrected chi connectivity index (χ3v) is 3.83. The van der Waals surface area contributed by atoms with E-state index in [1.165, 1.54) is 0 Å². The lowest BCUT2D eigenvalue weighted by molar-refractivity contribution is 0.0622. The van der Waals surface area contributed by atoms with Gasteiger partial charge in [0.15, 0.2) is 0 Å². The first-order valence-electron chi connectivity index (χ1n) is 7.06. The van der Waals surface area contributed by atoms with E-state index in [0.717, 1.165) is 30.7 Å². The highest BCUT2D eigenvalue weighted by Crippen LogP contribution is 2.21. The molecule has 2 heterocycles. The van der Waals surface area contributed by atoms with Crippen molar-refractivity contribution in [3.05, 3.63) is 47.1 Å². The first-order chi connectivity index (χ1) is 10.2. The highest BCUT2D eigenvalue weighted by atomic mass is 35.5. The molecular formula is C16H17ClN2O2. The Kier molecular flexibility index (Phi) is 4.27. The van der Waals surface area contributed by atoms with E-state index in [-0.39, 0.29) is 11.9 Å². The van der Waals surface area contributed by atoms with Crippen LogP contribution in [0.3, 0.4) is 0 Å². The van der Waals surface area contributed by atoms with Crippen LogP contribution in [0.4, 0.5) is 0 Å². The Labute approximate surface area is 128 Å². The van der Waals surface area contributed by atoms with Crippen LogP contribution in [0.25, 0.3) is 11.3 Å². The molecule has 3 rings (SSSR count). The molecule has 4 nitrogen and oxygen atoms in total. The van der Waals surface area contributed by atoms with E-state index < -0.39 is 0 Å². The van der Waals surface area contributed by atoms with Gasteiger partial charge in [0.1, 0.15) is 5.69 Å². The predicted octanol–water partition coefficient (Wildman–Crippen LogP) is 3.24. The average Bonchev–Trinajstić information content (AvgIpc) is 2.99. The van der Waals surface area contributed by atoms with Gasteiger partial charge in [0, 0.05) is 17.3 Å². The largest absolute Gasteiger partial charge is 0.379 e. The number of H-pyrrole nitrogens is 1. The molecule has 1 aliphatic heterocycles. The fraction of sp³-hybridized carbons (Fsp3) is 0.312. The molecule has 2 N–H and O–H groups in total. The maximum Gasteiger partial charge on any atom is 0.268 e. The van der Waals surface area contributed by atoms with E-state index >= 15 is 0 Å². The van der Waals surface area contributed by atoms with E-state index in [4.69, 9.17) is 16.3 Å². The summed E-state index contributed by atoms with van der Waals surface area (Å²) >= 11 is 5.88. The molecule has 0 unspecified atom stereocenters. The van der Waals surface area contributed by atoms with Crippen LogP contribution >= 0.6 is 11.6 Å². The fourth-order valence-electron chi connectivity index (χ4n) is 2.44. The molecule has 2 aromatic rings. The first kappa shape index (κ1) is 14.2. The number of carbonyl (C=O) groups is 1. The number of benzene rings is 1. The molecule has 0 aliphatic carbocycles. The smallest absolute Gasteiger partial charge is 0.268 e. The summed E-state index contributed by atoms with van der Waals surface area (Å²) in [7, 11) is 0. The number of aromatic amines is 1. The molecule has 1 atom stereocenters. The van der Waals surface area contributed by atoms with Crippen LogP contribution in [-0.4, -0.2) is 30.1 Å². The number of ether oxygens (including phenoxy) is 1. The predicted molar refractivity (Wildman–Crippen MR) is 82.5 cm³/mol. The van der Waals surface area contributed by atoms with Gasteiger partial charge in [0.05, 0.1) is 12.6 Å². The van der Waals surface area contributed by atoms with E-state index in [0.29, 0.717) is 17.3 Å². The molecule has 0 bridgehead atoms. The van der Waals surface area contributed by atoms with Crippen molar-refractivity contribution in [3.63, 3.8) is 0 Å². The van der Waals surface area contributed by atoms with Crippen LogP contribution in [0.5, 0.6) is 0 Å². The van der Waals surface area contributed by atoms with E-state index in [1.54, 1.807) is 6.07 Å². The number of amides is 1. The standard InChI is InChI=1S/C16H17ClN2O2/c17-12-5-3-11(4-6-12)14-7-8-15(19-14)16(20)18-13-2-1-9-21-10-13/h3-8,13,19H,1-2,9-10H2,(H,18,20)/t13-/m1/s1. The Balaban J connectivity index is 1.69. The molecule has 21 heavy (non-hydrogen) atoms. The van der Waals surface area contributed by atoms with E-state index in [2.05, 4.69) is 10.3 Å². The Bertz CT molecular complexity index is 615. The SMILES string of the molecule is O=C(N[C@@H]1CCCOC1)c1ccc(-c2ccc(Cl)cc2)[nH]1. The summed E-state index contributed by atoms with van der Waals surface area (Å²) in [6, 6.07) is 11.3. The van der Waals surface area contributed by atoms with Crippen LogP contribution in [0.2, 0.25) is 5.02 Å². The summed E-state index contributed by atoms with van der Waals surface area (Å²) in [4.78, 5) is 15.3. The second-order valence-corrected chi connectivity index (χ2v) is 5.62. The molecule has 1 saturated heterocycles. The number of aromatic nitrogens is 1. The minimum atomic E-state index is -0.0919. The van der Waals surface area contributed by atoms with Crippen molar-refractivity contribution in [2.24, 2.45) is 0 Å². The van der Waals surface area contributed by atoms with Crippen molar-refractivity contribution in [2.75, 3.05) is 13.2 Å². The molecule has 1 aliphatic rings. The highest BCUT2D eigenvalue weighted by Gasteiger charge is 2.18. The van der Waals surface area contributed by atoms with Gasteiger partial charge in [-0.05, 0) is 42.7 Å². The molecule has 1 fully saturated rings. The monoisotopic (exact) mass is 304 g/mol. The number of carbonyl (C=O) groups excluding carboxylic acids is 1. The fourth-order valence-corrected chi connectivity index (χ4v) is 2.57. The Hall–Kier alpha value is -1.78.